The van der Waals surface area contributed by atoms with Crippen molar-refractivity contribution >= 4 is 5.91 Å². The Morgan fingerprint density at radius 3 is 3.25 bits per heavy atom. The maximum absolute atomic E-state index is 11.6. The first-order valence-corrected chi connectivity index (χ1v) is 5.70. The van der Waals surface area contributed by atoms with E-state index in [1.807, 2.05) is 0 Å². The van der Waals surface area contributed by atoms with E-state index in [0.29, 0.717) is 12.6 Å². The first-order valence-electron chi connectivity index (χ1n) is 5.70. The molecular weight excluding hydrogens is 206 g/mol. The highest BCUT2D eigenvalue weighted by molar-refractivity contribution is 5.91. The quantitative estimate of drug-likeness (QED) is 0.794. The van der Waals surface area contributed by atoms with Crippen LogP contribution in [-0.2, 0) is 0 Å². The van der Waals surface area contributed by atoms with Crippen LogP contribution < -0.4 is 10.6 Å². The Morgan fingerprint density at radius 2 is 2.62 bits per heavy atom. The second-order valence-corrected chi connectivity index (χ2v) is 4.17. The molecule has 2 N–H and O–H groups in total. The molecule has 1 aliphatic rings. The lowest BCUT2D eigenvalue weighted by Crippen LogP contribution is -2.30. The third-order valence-electron chi connectivity index (χ3n) is 2.79. The molecule has 0 bridgehead atoms. The summed E-state index contributed by atoms with van der Waals surface area (Å²) in [6.45, 7) is 3.57. The average Bonchev–Trinajstić information content (AvgIpc) is 2.89. The summed E-state index contributed by atoms with van der Waals surface area (Å²) >= 11 is 0. The molecule has 1 aromatic rings. The summed E-state index contributed by atoms with van der Waals surface area (Å²) in [6, 6.07) is 2.19. The van der Waals surface area contributed by atoms with Crippen LogP contribution in [0, 0.1) is 6.92 Å². The van der Waals surface area contributed by atoms with Crippen LogP contribution in [0.3, 0.4) is 0 Å². The van der Waals surface area contributed by atoms with E-state index in [2.05, 4.69) is 15.8 Å². The molecule has 0 unspecified atom stereocenters. The normalized spacial score (nSPS) is 19.9. The zero-order chi connectivity index (χ0) is 11.4. The number of aromatic nitrogens is 1. The fourth-order valence-corrected chi connectivity index (χ4v) is 1.92. The predicted octanol–water partition coefficient (Wildman–Crippen LogP) is 0.855. The van der Waals surface area contributed by atoms with Gasteiger partial charge in [0.25, 0.3) is 5.91 Å². The Balaban J connectivity index is 1.71. The van der Waals surface area contributed by atoms with Crippen LogP contribution in [0.25, 0.3) is 0 Å². The molecule has 0 spiro atoms. The second kappa shape index (κ2) is 5.12. The van der Waals surface area contributed by atoms with Crippen LogP contribution in [0.4, 0.5) is 0 Å². The number of rotatable bonds is 4. The van der Waals surface area contributed by atoms with Crippen molar-refractivity contribution in [3.63, 3.8) is 0 Å². The average molecular weight is 223 g/mol. The van der Waals surface area contributed by atoms with Crippen molar-refractivity contribution in [1.29, 1.82) is 0 Å². The van der Waals surface area contributed by atoms with E-state index in [1.54, 1.807) is 13.0 Å². The van der Waals surface area contributed by atoms with Crippen LogP contribution >= 0.6 is 0 Å². The fourth-order valence-electron chi connectivity index (χ4n) is 1.92. The molecule has 0 saturated carbocycles. The molecular formula is C11H17N3O2. The van der Waals surface area contributed by atoms with Gasteiger partial charge in [-0.25, -0.2) is 0 Å². The molecule has 0 aromatic carbocycles. The number of hydrogen-bond donors (Lipinski definition) is 2. The minimum absolute atomic E-state index is 0.182. The maximum atomic E-state index is 11.6. The Hall–Kier alpha value is -1.36. The summed E-state index contributed by atoms with van der Waals surface area (Å²) in [5, 5.41) is 9.89. The van der Waals surface area contributed by atoms with Gasteiger partial charge in [0.2, 0.25) is 5.76 Å². The van der Waals surface area contributed by atoms with Gasteiger partial charge < -0.3 is 15.2 Å². The molecule has 1 aliphatic heterocycles. The minimum Gasteiger partial charge on any atom is -0.351 e. The maximum Gasteiger partial charge on any atom is 0.289 e. The zero-order valence-corrected chi connectivity index (χ0v) is 9.45. The van der Waals surface area contributed by atoms with Crippen molar-refractivity contribution in [3.05, 3.63) is 17.5 Å². The van der Waals surface area contributed by atoms with E-state index in [4.69, 9.17) is 4.52 Å². The summed E-state index contributed by atoms with van der Waals surface area (Å²) in [5.41, 5.74) is 0.725. The van der Waals surface area contributed by atoms with E-state index in [1.165, 1.54) is 12.8 Å². The monoisotopic (exact) mass is 223 g/mol. The summed E-state index contributed by atoms with van der Waals surface area (Å²) < 4.78 is 4.87. The summed E-state index contributed by atoms with van der Waals surface area (Å²) in [5.74, 6) is 0.107. The Kier molecular flexibility index (Phi) is 3.56. The predicted molar refractivity (Wildman–Crippen MR) is 59.2 cm³/mol. The van der Waals surface area contributed by atoms with Crippen LogP contribution in [0.5, 0.6) is 0 Å². The smallest absolute Gasteiger partial charge is 0.289 e. The number of nitrogens with zero attached hydrogens (tertiary/aromatic N) is 1. The van der Waals surface area contributed by atoms with Gasteiger partial charge in [-0.15, -0.1) is 0 Å². The highest BCUT2D eigenvalue weighted by atomic mass is 16.5. The molecule has 1 aromatic heterocycles. The van der Waals surface area contributed by atoms with Gasteiger partial charge in [-0.1, -0.05) is 5.16 Å². The number of amides is 1. The number of aryl methyl sites for hydroxylation is 1. The largest absolute Gasteiger partial charge is 0.351 e. The number of carbonyl (C=O) groups excluding carboxylic acids is 1. The van der Waals surface area contributed by atoms with Crippen molar-refractivity contribution in [1.82, 2.24) is 15.8 Å². The van der Waals surface area contributed by atoms with Crippen LogP contribution in [0.2, 0.25) is 0 Å². The molecule has 1 fully saturated rings. The van der Waals surface area contributed by atoms with E-state index < -0.39 is 0 Å². The second-order valence-electron chi connectivity index (χ2n) is 4.17. The molecule has 1 saturated heterocycles. The van der Waals surface area contributed by atoms with Crippen LogP contribution in [-0.4, -0.2) is 30.2 Å². The van der Waals surface area contributed by atoms with Gasteiger partial charge in [-0.3, -0.25) is 4.79 Å². The van der Waals surface area contributed by atoms with Gasteiger partial charge in [0.15, 0.2) is 0 Å². The fraction of sp³-hybridized carbons (Fsp3) is 0.636. The summed E-state index contributed by atoms with van der Waals surface area (Å²) in [7, 11) is 0. The SMILES string of the molecule is Cc1cc(C(=O)NCC[C@@H]2CCCN2)on1. The van der Waals surface area contributed by atoms with Gasteiger partial charge in [0, 0.05) is 18.7 Å². The molecule has 0 aliphatic carbocycles. The first kappa shape index (κ1) is 11.1. The third-order valence-corrected chi connectivity index (χ3v) is 2.79. The molecule has 1 atom stereocenters. The van der Waals surface area contributed by atoms with Crippen molar-refractivity contribution in [2.24, 2.45) is 0 Å². The third kappa shape index (κ3) is 2.82. The molecule has 2 heterocycles. The van der Waals surface area contributed by atoms with Gasteiger partial charge in [0.05, 0.1) is 5.69 Å². The van der Waals surface area contributed by atoms with Crippen molar-refractivity contribution in [2.45, 2.75) is 32.2 Å². The Morgan fingerprint density at radius 1 is 1.75 bits per heavy atom. The minimum atomic E-state index is -0.182. The lowest BCUT2D eigenvalue weighted by molar-refractivity contribution is 0.0915. The molecule has 5 nitrogen and oxygen atoms in total. The lowest BCUT2D eigenvalue weighted by Gasteiger charge is -2.09. The van der Waals surface area contributed by atoms with Crippen LogP contribution in [0.15, 0.2) is 10.6 Å². The molecule has 5 heteroatoms. The van der Waals surface area contributed by atoms with Gasteiger partial charge >= 0.3 is 0 Å². The van der Waals surface area contributed by atoms with Crippen LogP contribution in [0.1, 0.15) is 35.5 Å². The number of carbonyl (C=O) groups is 1. The van der Waals surface area contributed by atoms with Gasteiger partial charge in [0.1, 0.15) is 0 Å². The number of hydrogen-bond acceptors (Lipinski definition) is 4. The van der Waals surface area contributed by atoms with E-state index in [0.717, 1.165) is 18.7 Å². The Labute approximate surface area is 94.6 Å². The summed E-state index contributed by atoms with van der Waals surface area (Å²) in [6.07, 6.45) is 3.41. The number of nitrogens with one attached hydrogen (secondary N) is 2. The van der Waals surface area contributed by atoms with Crippen molar-refractivity contribution in [2.75, 3.05) is 13.1 Å². The molecule has 0 radical (unpaired) electrons. The summed E-state index contributed by atoms with van der Waals surface area (Å²) in [4.78, 5) is 11.6. The van der Waals surface area contributed by atoms with E-state index in [9.17, 15) is 4.79 Å². The molecule has 2 rings (SSSR count). The standard InChI is InChI=1S/C11H17N3O2/c1-8-7-10(16-14-8)11(15)13-6-4-9-3-2-5-12-9/h7,9,12H,2-6H2,1H3,(H,13,15)/t9-/m0/s1. The topological polar surface area (TPSA) is 67.2 Å². The lowest BCUT2D eigenvalue weighted by atomic mass is 10.1. The van der Waals surface area contributed by atoms with Crippen molar-refractivity contribution < 1.29 is 9.32 Å². The highest BCUT2D eigenvalue weighted by Crippen LogP contribution is 2.08. The Bertz CT molecular complexity index is 356. The van der Waals surface area contributed by atoms with Gasteiger partial charge in [-0.2, -0.15) is 0 Å². The van der Waals surface area contributed by atoms with Crippen molar-refractivity contribution in [3.8, 4) is 0 Å². The molecule has 16 heavy (non-hydrogen) atoms. The van der Waals surface area contributed by atoms with Gasteiger partial charge in [-0.05, 0) is 32.7 Å². The van der Waals surface area contributed by atoms with E-state index >= 15 is 0 Å². The highest BCUT2D eigenvalue weighted by Gasteiger charge is 2.15. The molecule has 1 amide bonds. The molecule has 88 valence electrons. The first-order chi connectivity index (χ1) is 7.75. The zero-order valence-electron chi connectivity index (χ0n) is 9.45. The van der Waals surface area contributed by atoms with E-state index in [-0.39, 0.29) is 11.7 Å².